The quantitative estimate of drug-likeness (QED) is 0.714. The Morgan fingerprint density at radius 2 is 2.21 bits per heavy atom. The molecule has 1 aromatic carbocycles. The fourth-order valence-corrected chi connectivity index (χ4v) is 1.64. The number of ketones is 1. The molecular formula is C11H14O2S. The summed E-state index contributed by atoms with van der Waals surface area (Å²) in [6, 6.07) is 5.55. The van der Waals surface area contributed by atoms with Crippen LogP contribution in [0, 0.1) is 6.92 Å². The van der Waals surface area contributed by atoms with Gasteiger partial charge in [-0.15, -0.1) is 0 Å². The molecule has 1 rings (SSSR count). The SMILES string of the molecule is COc1cc(C(=O)CSC)ccc1C. The van der Waals surface area contributed by atoms with Crippen LogP contribution >= 0.6 is 11.8 Å². The molecule has 0 atom stereocenters. The largest absolute Gasteiger partial charge is 0.496 e. The molecule has 0 saturated carbocycles. The lowest BCUT2D eigenvalue weighted by Crippen LogP contribution is -2.02. The van der Waals surface area contributed by atoms with Crippen LogP contribution in [0.15, 0.2) is 18.2 Å². The number of carbonyl (C=O) groups excluding carboxylic acids is 1. The van der Waals surface area contributed by atoms with E-state index >= 15 is 0 Å². The van der Waals surface area contributed by atoms with Crippen molar-refractivity contribution < 1.29 is 9.53 Å². The fourth-order valence-electron chi connectivity index (χ4n) is 1.21. The monoisotopic (exact) mass is 210 g/mol. The third-order valence-electron chi connectivity index (χ3n) is 2.01. The van der Waals surface area contributed by atoms with Gasteiger partial charge in [0.2, 0.25) is 0 Å². The van der Waals surface area contributed by atoms with E-state index in [-0.39, 0.29) is 5.78 Å². The molecule has 0 unspecified atom stereocenters. The summed E-state index contributed by atoms with van der Waals surface area (Å²) >= 11 is 1.53. The minimum atomic E-state index is 0.149. The molecule has 0 N–H and O–H groups in total. The summed E-state index contributed by atoms with van der Waals surface area (Å²) in [4.78, 5) is 11.5. The second-order valence-corrected chi connectivity index (χ2v) is 3.91. The third kappa shape index (κ3) is 2.51. The Hall–Kier alpha value is -0.960. The maximum absolute atomic E-state index is 11.5. The van der Waals surface area contributed by atoms with Gasteiger partial charge in [-0.3, -0.25) is 4.79 Å². The first kappa shape index (κ1) is 11.1. The van der Waals surface area contributed by atoms with Crippen LogP contribution in [-0.4, -0.2) is 24.9 Å². The van der Waals surface area contributed by atoms with E-state index in [4.69, 9.17) is 4.74 Å². The predicted octanol–water partition coefficient (Wildman–Crippen LogP) is 2.55. The van der Waals surface area contributed by atoms with Crippen LogP contribution in [0.25, 0.3) is 0 Å². The van der Waals surface area contributed by atoms with Crippen LogP contribution < -0.4 is 4.74 Å². The van der Waals surface area contributed by atoms with Crippen LogP contribution in [0.2, 0.25) is 0 Å². The average Bonchev–Trinajstić information content (AvgIpc) is 2.19. The Morgan fingerprint density at radius 1 is 1.50 bits per heavy atom. The van der Waals surface area contributed by atoms with Crippen molar-refractivity contribution >= 4 is 17.5 Å². The van der Waals surface area contributed by atoms with Crippen LogP contribution in [0.1, 0.15) is 15.9 Å². The van der Waals surface area contributed by atoms with E-state index in [9.17, 15) is 4.79 Å². The average molecular weight is 210 g/mol. The number of hydrogen-bond donors (Lipinski definition) is 0. The van der Waals surface area contributed by atoms with E-state index in [2.05, 4.69) is 0 Å². The number of methoxy groups -OCH3 is 1. The normalized spacial score (nSPS) is 9.93. The van der Waals surface area contributed by atoms with Gasteiger partial charge in [0.05, 0.1) is 12.9 Å². The maximum Gasteiger partial charge on any atom is 0.172 e. The Labute approximate surface area is 88.7 Å². The smallest absolute Gasteiger partial charge is 0.172 e. The van der Waals surface area contributed by atoms with Crippen molar-refractivity contribution in [2.75, 3.05) is 19.1 Å². The van der Waals surface area contributed by atoms with Crippen molar-refractivity contribution in [1.29, 1.82) is 0 Å². The van der Waals surface area contributed by atoms with E-state index in [0.29, 0.717) is 5.75 Å². The number of hydrogen-bond acceptors (Lipinski definition) is 3. The van der Waals surface area contributed by atoms with E-state index < -0.39 is 0 Å². The lowest BCUT2D eigenvalue weighted by Gasteiger charge is -2.06. The molecule has 2 nitrogen and oxygen atoms in total. The van der Waals surface area contributed by atoms with Crippen molar-refractivity contribution in [2.45, 2.75) is 6.92 Å². The van der Waals surface area contributed by atoms with Crippen molar-refractivity contribution in [3.63, 3.8) is 0 Å². The first-order valence-corrected chi connectivity index (χ1v) is 5.75. The molecule has 1 aromatic rings. The number of carbonyl (C=O) groups is 1. The van der Waals surface area contributed by atoms with Crippen LogP contribution in [0.5, 0.6) is 5.75 Å². The van der Waals surface area contributed by atoms with Crippen LogP contribution in [0.4, 0.5) is 0 Å². The minimum Gasteiger partial charge on any atom is -0.496 e. The summed E-state index contributed by atoms with van der Waals surface area (Å²) < 4.78 is 5.15. The van der Waals surface area contributed by atoms with Crippen molar-refractivity contribution in [2.24, 2.45) is 0 Å². The summed E-state index contributed by atoms with van der Waals surface area (Å²) in [6.45, 7) is 1.96. The Bertz CT molecular complexity index is 334. The highest BCUT2D eigenvalue weighted by Crippen LogP contribution is 2.19. The molecule has 0 aliphatic heterocycles. The molecule has 0 amide bonds. The zero-order valence-corrected chi connectivity index (χ0v) is 9.48. The molecule has 0 bridgehead atoms. The molecule has 0 fully saturated rings. The van der Waals surface area contributed by atoms with Gasteiger partial charge in [-0.05, 0) is 24.8 Å². The number of Topliss-reactive ketones (excluding diaryl/α,β-unsaturated/α-hetero) is 1. The molecule has 0 spiro atoms. The Balaban J connectivity index is 2.94. The molecule has 3 heteroatoms. The highest BCUT2D eigenvalue weighted by molar-refractivity contribution is 7.99. The topological polar surface area (TPSA) is 26.3 Å². The van der Waals surface area contributed by atoms with E-state index in [0.717, 1.165) is 16.9 Å². The Morgan fingerprint density at radius 3 is 2.79 bits per heavy atom. The lowest BCUT2D eigenvalue weighted by atomic mass is 10.1. The summed E-state index contributed by atoms with van der Waals surface area (Å²) in [5.41, 5.74) is 1.77. The Kier molecular flexibility index (Phi) is 4.01. The first-order chi connectivity index (χ1) is 6.69. The fraction of sp³-hybridized carbons (Fsp3) is 0.364. The molecule has 0 aliphatic carbocycles. The number of ether oxygens (including phenoxy) is 1. The van der Waals surface area contributed by atoms with Gasteiger partial charge in [0.25, 0.3) is 0 Å². The zero-order chi connectivity index (χ0) is 10.6. The predicted molar refractivity (Wildman–Crippen MR) is 60.4 cm³/mol. The number of benzene rings is 1. The molecule has 0 aliphatic rings. The highest BCUT2D eigenvalue weighted by Gasteiger charge is 2.07. The molecule has 76 valence electrons. The van der Waals surface area contributed by atoms with E-state index in [1.165, 1.54) is 11.8 Å². The summed E-state index contributed by atoms with van der Waals surface area (Å²) in [7, 11) is 1.62. The van der Waals surface area contributed by atoms with Crippen molar-refractivity contribution in [3.05, 3.63) is 29.3 Å². The van der Waals surface area contributed by atoms with Gasteiger partial charge >= 0.3 is 0 Å². The standard InChI is InChI=1S/C11H14O2S/c1-8-4-5-9(6-11(8)13-2)10(12)7-14-3/h4-6H,7H2,1-3H3. The zero-order valence-electron chi connectivity index (χ0n) is 8.66. The first-order valence-electron chi connectivity index (χ1n) is 4.36. The lowest BCUT2D eigenvalue weighted by molar-refractivity contribution is 0.102. The highest BCUT2D eigenvalue weighted by atomic mass is 32.2. The third-order valence-corrected chi connectivity index (χ3v) is 2.56. The van der Waals surface area contributed by atoms with Gasteiger partial charge in [0.1, 0.15) is 5.75 Å². The molecule has 0 heterocycles. The van der Waals surface area contributed by atoms with Gasteiger partial charge in [-0.2, -0.15) is 11.8 Å². The number of aryl methyl sites for hydroxylation is 1. The summed E-state index contributed by atoms with van der Waals surface area (Å²) in [5.74, 6) is 1.44. The van der Waals surface area contributed by atoms with Crippen molar-refractivity contribution in [1.82, 2.24) is 0 Å². The summed E-state index contributed by atoms with van der Waals surface area (Å²) in [5, 5.41) is 0. The van der Waals surface area contributed by atoms with Gasteiger partial charge in [0.15, 0.2) is 5.78 Å². The molecule has 0 aromatic heterocycles. The van der Waals surface area contributed by atoms with Gasteiger partial charge in [-0.25, -0.2) is 0 Å². The number of rotatable bonds is 4. The maximum atomic E-state index is 11.5. The minimum absolute atomic E-state index is 0.149. The number of thioether (sulfide) groups is 1. The molecule has 0 saturated heterocycles. The second-order valence-electron chi connectivity index (χ2n) is 3.04. The van der Waals surface area contributed by atoms with Crippen molar-refractivity contribution in [3.8, 4) is 5.75 Å². The molecular weight excluding hydrogens is 196 g/mol. The van der Waals surface area contributed by atoms with Gasteiger partial charge in [0, 0.05) is 5.56 Å². The van der Waals surface area contributed by atoms with Gasteiger partial charge in [-0.1, -0.05) is 12.1 Å². The van der Waals surface area contributed by atoms with E-state index in [1.54, 1.807) is 13.2 Å². The van der Waals surface area contributed by atoms with E-state index in [1.807, 2.05) is 25.3 Å². The van der Waals surface area contributed by atoms with Crippen LogP contribution in [-0.2, 0) is 0 Å². The molecule has 0 radical (unpaired) electrons. The van der Waals surface area contributed by atoms with Gasteiger partial charge < -0.3 is 4.74 Å². The second kappa shape index (κ2) is 5.05. The molecule has 14 heavy (non-hydrogen) atoms. The summed E-state index contributed by atoms with van der Waals surface area (Å²) in [6.07, 6.45) is 1.92. The van der Waals surface area contributed by atoms with Crippen LogP contribution in [0.3, 0.4) is 0 Å².